The Kier molecular flexibility index (Phi) is 6.30. The molecule has 0 unspecified atom stereocenters. The Bertz CT molecular complexity index is 1030. The van der Waals surface area contributed by atoms with Gasteiger partial charge in [0.2, 0.25) is 0 Å². The van der Waals surface area contributed by atoms with Gasteiger partial charge in [-0.15, -0.1) is 0 Å². The molecule has 2 N–H and O–H groups in total. The quantitative estimate of drug-likeness (QED) is 0.489. The fourth-order valence-corrected chi connectivity index (χ4v) is 6.47. The van der Waals surface area contributed by atoms with Gasteiger partial charge >= 0.3 is 0 Å². The van der Waals surface area contributed by atoms with Crippen LogP contribution in [0.1, 0.15) is 49.9 Å². The van der Waals surface area contributed by atoms with Crippen LogP contribution < -0.4 is 0 Å². The van der Waals surface area contributed by atoms with Gasteiger partial charge in [0.1, 0.15) is 5.82 Å². The number of hydrogen-bond acceptors (Lipinski definition) is 4. The molecule has 5 nitrogen and oxygen atoms in total. The molecule has 6 rings (SSSR count). The van der Waals surface area contributed by atoms with E-state index in [9.17, 15) is 5.11 Å². The van der Waals surface area contributed by atoms with Crippen molar-refractivity contribution >= 4 is 11.0 Å². The number of hydrogen-bond donors (Lipinski definition) is 2. The number of aromatic nitrogens is 2. The first-order valence-electron chi connectivity index (χ1n) is 12.5. The summed E-state index contributed by atoms with van der Waals surface area (Å²) < 4.78 is 6.20. The summed E-state index contributed by atoms with van der Waals surface area (Å²) in [6, 6.07) is 18.8. The molecule has 2 aromatic carbocycles. The van der Waals surface area contributed by atoms with Gasteiger partial charge in [-0.3, -0.25) is 0 Å². The molecule has 3 aliphatic carbocycles. The molecule has 1 heterocycles. The third-order valence-corrected chi connectivity index (χ3v) is 8.38. The minimum absolute atomic E-state index is 0.241. The second-order valence-corrected chi connectivity index (χ2v) is 10.3. The van der Waals surface area contributed by atoms with Crippen LogP contribution in [0, 0.1) is 11.8 Å². The number of benzene rings is 2. The lowest BCUT2D eigenvalue weighted by atomic mass is 9.53. The highest BCUT2D eigenvalue weighted by Crippen LogP contribution is 2.58. The molecule has 5 heteroatoms. The van der Waals surface area contributed by atoms with E-state index in [2.05, 4.69) is 64.4 Å². The number of aromatic amines is 1. The Balaban J connectivity index is 1.15. The van der Waals surface area contributed by atoms with Crippen LogP contribution in [0.15, 0.2) is 54.6 Å². The highest BCUT2D eigenvalue weighted by atomic mass is 16.5. The van der Waals surface area contributed by atoms with Crippen LogP contribution in [0.4, 0.5) is 0 Å². The van der Waals surface area contributed by atoms with Crippen LogP contribution in [-0.2, 0) is 16.8 Å². The number of nitrogens with one attached hydrogen (secondary N) is 1. The molecule has 0 saturated heterocycles. The van der Waals surface area contributed by atoms with Crippen LogP contribution in [0.3, 0.4) is 0 Å². The van der Waals surface area contributed by atoms with E-state index >= 15 is 0 Å². The van der Waals surface area contributed by atoms with E-state index in [1.54, 1.807) is 0 Å². The predicted octanol–water partition coefficient (Wildman–Crippen LogP) is 4.91. The average molecular weight is 448 g/mol. The predicted molar refractivity (Wildman–Crippen MR) is 132 cm³/mol. The molecule has 33 heavy (non-hydrogen) atoms. The first kappa shape index (κ1) is 22.6. The van der Waals surface area contributed by atoms with Crippen LogP contribution in [0.2, 0.25) is 0 Å². The van der Waals surface area contributed by atoms with Gasteiger partial charge < -0.3 is 19.7 Å². The van der Waals surface area contributed by atoms with Crippen LogP contribution in [0.25, 0.3) is 11.0 Å². The number of para-hydroxylation sites is 2. The Morgan fingerprint density at radius 1 is 1.03 bits per heavy atom. The van der Waals surface area contributed by atoms with Gasteiger partial charge in [0.05, 0.1) is 22.2 Å². The molecule has 0 amide bonds. The fraction of sp³-hybridized carbons (Fsp3) is 0.536. The van der Waals surface area contributed by atoms with Gasteiger partial charge in [0, 0.05) is 20.1 Å². The molecule has 1 aromatic heterocycles. The Labute approximate surface area is 197 Å². The lowest BCUT2D eigenvalue weighted by Crippen LogP contribution is -2.58. The molecule has 4 atom stereocenters. The number of nitrogens with zero attached hydrogens (tertiary/aromatic N) is 2. The number of rotatable bonds is 9. The number of imidazole rings is 1. The van der Waals surface area contributed by atoms with Gasteiger partial charge in [-0.2, -0.15) is 0 Å². The summed E-state index contributed by atoms with van der Waals surface area (Å²) in [6.45, 7) is 1.93. The largest absolute Gasteiger partial charge is 0.390 e. The van der Waals surface area contributed by atoms with Crippen molar-refractivity contribution in [1.29, 1.82) is 0 Å². The van der Waals surface area contributed by atoms with Gasteiger partial charge in [0.25, 0.3) is 0 Å². The second-order valence-electron chi connectivity index (χ2n) is 10.3. The molecule has 2 bridgehead atoms. The number of aliphatic hydroxyl groups is 1. The molecule has 0 spiro atoms. The topological polar surface area (TPSA) is 61.4 Å². The number of aryl methyl sites for hydroxylation is 1. The molecule has 0 radical (unpaired) electrons. The molecule has 0 aliphatic heterocycles. The third kappa shape index (κ3) is 4.34. The molecule has 176 valence electrons. The standard InChI is InChI=1S/C28H37N3O2/c1-31(17-8-13-26-29-24-11-6-7-12-25(24)30-26)18-16-27(32)19-23-15-14-22(27)20-28(23,33-2)21-9-4-3-5-10-21/h3-7,9-12,22-23,32H,8,13-20H2,1-2H3,(H,29,30)/t22-,23-,27+,28-/m1/s1. The molecular weight excluding hydrogens is 410 g/mol. The van der Waals surface area contributed by atoms with E-state index in [4.69, 9.17) is 4.74 Å². The zero-order chi connectivity index (χ0) is 22.9. The molecular formula is C28H37N3O2. The summed E-state index contributed by atoms with van der Waals surface area (Å²) in [5.41, 5.74) is 2.60. The Morgan fingerprint density at radius 3 is 2.52 bits per heavy atom. The van der Waals surface area contributed by atoms with Crippen molar-refractivity contribution in [3.05, 3.63) is 66.0 Å². The van der Waals surface area contributed by atoms with Crippen molar-refractivity contribution in [1.82, 2.24) is 14.9 Å². The van der Waals surface area contributed by atoms with E-state index < -0.39 is 5.60 Å². The van der Waals surface area contributed by atoms with Crippen molar-refractivity contribution in [2.75, 3.05) is 27.2 Å². The molecule has 3 aliphatic rings. The van der Waals surface area contributed by atoms with Crippen molar-refractivity contribution in [2.45, 2.75) is 56.1 Å². The molecule has 3 aromatic rings. The van der Waals surface area contributed by atoms with Crippen molar-refractivity contribution in [2.24, 2.45) is 11.8 Å². The first-order valence-corrected chi connectivity index (χ1v) is 12.5. The summed E-state index contributed by atoms with van der Waals surface area (Å²) in [6.07, 6.45) is 6.85. The van der Waals surface area contributed by atoms with E-state index in [1.807, 2.05) is 19.2 Å². The van der Waals surface area contributed by atoms with E-state index in [1.165, 1.54) is 5.56 Å². The number of ether oxygens (including phenoxy) is 1. The van der Waals surface area contributed by atoms with Crippen LogP contribution in [-0.4, -0.2) is 52.8 Å². The maximum absolute atomic E-state index is 11.7. The minimum Gasteiger partial charge on any atom is -0.390 e. The number of methoxy groups -OCH3 is 1. The lowest BCUT2D eigenvalue weighted by molar-refractivity contribution is -0.207. The smallest absolute Gasteiger partial charge is 0.107 e. The van der Waals surface area contributed by atoms with Crippen molar-refractivity contribution in [3.8, 4) is 0 Å². The normalized spacial score (nSPS) is 29.2. The monoisotopic (exact) mass is 447 g/mol. The van der Waals surface area contributed by atoms with Crippen molar-refractivity contribution < 1.29 is 9.84 Å². The van der Waals surface area contributed by atoms with Gasteiger partial charge in [0.15, 0.2) is 0 Å². The summed E-state index contributed by atoms with van der Waals surface area (Å²) >= 11 is 0. The van der Waals surface area contributed by atoms with Crippen molar-refractivity contribution in [3.63, 3.8) is 0 Å². The van der Waals surface area contributed by atoms with Gasteiger partial charge in [-0.05, 0) is 81.6 Å². The maximum Gasteiger partial charge on any atom is 0.107 e. The Morgan fingerprint density at radius 2 is 1.79 bits per heavy atom. The fourth-order valence-electron chi connectivity index (χ4n) is 6.47. The second kappa shape index (κ2) is 9.21. The zero-order valence-corrected chi connectivity index (χ0v) is 20.0. The first-order chi connectivity index (χ1) is 16.0. The summed E-state index contributed by atoms with van der Waals surface area (Å²) in [5.74, 6) is 1.73. The van der Waals surface area contributed by atoms with Gasteiger partial charge in [-0.1, -0.05) is 42.5 Å². The average Bonchev–Trinajstić information content (AvgIpc) is 3.26. The zero-order valence-electron chi connectivity index (χ0n) is 20.0. The summed E-state index contributed by atoms with van der Waals surface area (Å²) in [4.78, 5) is 10.5. The molecule has 3 fully saturated rings. The lowest BCUT2D eigenvalue weighted by Gasteiger charge is -2.58. The maximum atomic E-state index is 11.7. The highest BCUT2D eigenvalue weighted by molar-refractivity contribution is 5.74. The van der Waals surface area contributed by atoms with E-state index in [0.29, 0.717) is 11.8 Å². The number of fused-ring (bicyclic) bond motifs is 4. The minimum atomic E-state index is -0.577. The van der Waals surface area contributed by atoms with E-state index in [0.717, 1.165) is 74.9 Å². The van der Waals surface area contributed by atoms with Crippen LogP contribution in [0.5, 0.6) is 0 Å². The summed E-state index contributed by atoms with van der Waals surface area (Å²) in [7, 11) is 4.02. The van der Waals surface area contributed by atoms with E-state index in [-0.39, 0.29) is 5.60 Å². The summed E-state index contributed by atoms with van der Waals surface area (Å²) in [5, 5.41) is 11.7. The van der Waals surface area contributed by atoms with Gasteiger partial charge in [-0.25, -0.2) is 4.98 Å². The third-order valence-electron chi connectivity index (χ3n) is 8.38. The number of H-pyrrole nitrogens is 1. The van der Waals surface area contributed by atoms with Crippen LogP contribution >= 0.6 is 0 Å². The molecule has 3 saturated carbocycles. The highest BCUT2D eigenvalue weighted by Gasteiger charge is 2.57. The SMILES string of the molecule is CO[C@@]1(c2ccccc2)C[C@H]2CC[C@@H]1C[C@@]2(O)CCN(C)CCCc1nc2ccccc2[nH]1. The Hall–Kier alpha value is -2.21.